The number of hydrogen-bond donors (Lipinski definition) is 1. The number of carboxylic acid groups (broad SMARTS) is 1. The maximum Gasteiger partial charge on any atom is 0.313 e. The molecule has 1 aromatic carbocycles. The van der Waals surface area contributed by atoms with Gasteiger partial charge in [-0.2, -0.15) is 0 Å². The van der Waals surface area contributed by atoms with Gasteiger partial charge in [-0.15, -0.1) is 0 Å². The van der Waals surface area contributed by atoms with Crippen LogP contribution in [0.5, 0.6) is 0 Å². The SMILES string of the molecule is O=C(O)C(Cc1ccc(Br)cc1)c1ncc(F)cc1F. The molecule has 0 aliphatic heterocycles. The Morgan fingerprint density at radius 1 is 1.30 bits per heavy atom. The molecule has 0 saturated carbocycles. The van der Waals surface area contributed by atoms with Crippen molar-refractivity contribution in [1.29, 1.82) is 0 Å². The van der Waals surface area contributed by atoms with Crippen molar-refractivity contribution in [2.24, 2.45) is 0 Å². The maximum absolute atomic E-state index is 13.7. The lowest BCUT2D eigenvalue weighted by molar-refractivity contribution is -0.138. The van der Waals surface area contributed by atoms with Gasteiger partial charge in [0.1, 0.15) is 17.6 Å². The van der Waals surface area contributed by atoms with Crippen LogP contribution in [0.4, 0.5) is 8.78 Å². The summed E-state index contributed by atoms with van der Waals surface area (Å²) < 4.78 is 27.3. The van der Waals surface area contributed by atoms with Gasteiger partial charge in [0.25, 0.3) is 0 Å². The van der Waals surface area contributed by atoms with E-state index >= 15 is 0 Å². The molecule has 0 aliphatic carbocycles. The average molecular weight is 342 g/mol. The minimum Gasteiger partial charge on any atom is -0.481 e. The molecule has 1 atom stereocenters. The van der Waals surface area contributed by atoms with Gasteiger partial charge in [0.2, 0.25) is 0 Å². The first kappa shape index (κ1) is 14.6. The third-order valence-corrected chi connectivity index (χ3v) is 3.35. The predicted octanol–water partition coefficient (Wildman–Crippen LogP) is 3.53. The van der Waals surface area contributed by atoms with E-state index in [4.69, 9.17) is 0 Å². The summed E-state index contributed by atoms with van der Waals surface area (Å²) in [4.78, 5) is 14.9. The van der Waals surface area contributed by atoms with Gasteiger partial charge >= 0.3 is 5.97 Å². The summed E-state index contributed by atoms with van der Waals surface area (Å²) in [6.07, 6.45) is 0.897. The highest BCUT2D eigenvalue weighted by molar-refractivity contribution is 9.10. The van der Waals surface area contributed by atoms with E-state index in [0.29, 0.717) is 6.07 Å². The van der Waals surface area contributed by atoms with Crippen molar-refractivity contribution in [3.8, 4) is 0 Å². The number of carbonyl (C=O) groups is 1. The molecule has 0 radical (unpaired) electrons. The Kier molecular flexibility index (Phi) is 4.44. The number of hydrogen-bond acceptors (Lipinski definition) is 2. The largest absolute Gasteiger partial charge is 0.481 e. The predicted molar refractivity (Wildman–Crippen MR) is 72.4 cm³/mol. The van der Waals surface area contributed by atoms with Crippen LogP contribution >= 0.6 is 15.9 Å². The van der Waals surface area contributed by atoms with Gasteiger partial charge in [-0.25, -0.2) is 8.78 Å². The molecule has 1 N–H and O–H groups in total. The van der Waals surface area contributed by atoms with Crippen molar-refractivity contribution < 1.29 is 18.7 Å². The molecule has 0 bridgehead atoms. The van der Waals surface area contributed by atoms with E-state index in [1.165, 1.54) is 0 Å². The van der Waals surface area contributed by atoms with E-state index in [9.17, 15) is 18.7 Å². The Labute approximate surface area is 122 Å². The van der Waals surface area contributed by atoms with Crippen molar-refractivity contribution in [2.45, 2.75) is 12.3 Å². The van der Waals surface area contributed by atoms with Gasteiger partial charge in [0.15, 0.2) is 0 Å². The first-order chi connectivity index (χ1) is 9.47. The molecule has 6 heteroatoms. The zero-order chi connectivity index (χ0) is 14.7. The van der Waals surface area contributed by atoms with Crippen LogP contribution in [0.2, 0.25) is 0 Å². The van der Waals surface area contributed by atoms with Gasteiger partial charge in [0, 0.05) is 10.5 Å². The van der Waals surface area contributed by atoms with E-state index in [-0.39, 0.29) is 12.1 Å². The monoisotopic (exact) mass is 341 g/mol. The fraction of sp³-hybridized carbons (Fsp3) is 0.143. The molecule has 1 aromatic heterocycles. The summed E-state index contributed by atoms with van der Waals surface area (Å²) >= 11 is 3.27. The quantitative estimate of drug-likeness (QED) is 0.925. The van der Waals surface area contributed by atoms with Crippen LogP contribution in [-0.4, -0.2) is 16.1 Å². The van der Waals surface area contributed by atoms with Crippen molar-refractivity contribution in [3.05, 3.63) is 63.9 Å². The van der Waals surface area contributed by atoms with E-state index in [2.05, 4.69) is 20.9 Å². The highest BCUT2D eigenvalue weighted by Gasteiger charge is 2.25. The minimum atomic E-state index is -1.20. The highest BCUT2D eigenvalue weighted by Crippen LogP contribution is 2.23. The minimum absolute atomic E-state index is 0.0815. The van der Waals surface area contributed by atoms with Gasteiger partial charge in [0.05, 0.1) is 11.9 Å². The summed E-state index contributed by atoms with van der Waals surface area (Å²) in [5.74, 6) is -4.14. The lowest BCUT2D eigenvalue weighted by Gasteiger charge is -2.12. The first-order valence-corrected chi connectivity index (χ1v) is 6.55. The molecule has 2 rings (SSSR count). The molecule has 104 valence electrons. The Hall–Kier alpha value is -1.82. The van der Waals surface area contributed by atoms with E-state index in [1.54, 1.807) is 24.3 Å². The Bertz CT molecular complexity index is 632. The smallest absolute Gasteiger partial charge is 0.313 e. The van der Waals surface area contributed by atoms with Crippen LogP contribution in [0.1, 0.15) is 17.2 Å². The number of nitrogens with zero attached hydrogens (tertiary/aromatic N) is 1. The second-order valence-electron chi connectivity index (χ2n) is 4.24. The lowest BCUT2D eigenvalue weighted by atomic mass is 9.95. The van der Waals surface area contributed by atoms with Crippen LogP contribution in [0.15, 0.2) is 41.0 Å². The van der Waals surface area contributed by atoms with E-state index < -0.39 is 23.5 Å². The number of aromatic nitrogens is 1. The van der Waals surface area contributed by atoms with Gasteiger partial charge < -0.3 is 5.11 Å². The third kappa shape index (κ3) is 3.39. The molecular weight excluding hydrogens is 332 g/mol. The van der Waals surface area contributed by atoms with Gasteiger partial charge in [-0.05, 0) is 24.1 Å². The Balaban J connectivity index is 2.31. The van der Waals surface area contributed by atoms with Crippen LogP contribution in [0.25, 0.3) is 0 Å². The molecular formula is C14H10BrF2NO2. The van der Waals surface area contributed by atoms with Crippen molar-refractivity contribution in [3.63, 3.8) is 0 Å². The molecule has 1 heterocycles. The van der Waals surface area contributed by atoms with Gasteiger partial charge in [-0.1, -0.05) is 28.1 Å². The first-order valence-electron chi connectivity index (χ1n) is 5.75. The van der Waals surface area contributed by atoms with Crippen LogP contribution < -0.4 is 0 Å². The summed E-state index contributed by atoms with van der Waals surface area (Å²) in [5, 5.41) is 9.23. The van der Waals surface area contributed by atoms with Gasteiger partial charge in [-0.3, -0.25) is 9.78 Å². The zero-order valence-electron chi connectivity index (χ0n) is 10.2. The number of aliphatic carboxylic acids is 1. The highest BCUT2D eigenvalue weighted by atomic mass is 79.9. The Morgan fingerprint density at radius 2 is 1.95 bits per heavy atom. The van der Waals surface area contributed by atoms with Crippen LogP contribution in [0.3, 0.4) is 0 Å². The van der Waals surface area contributed by atoms with Crippen molar-refractivity contribution >= 4 is 21.9 Å². The fourth-order valence-electron chi connectivity index (χ4n) is 1.84. The molecule has 0 saturated heterocycles. The molecule has 2 aromatic rings. The molecule has 20 heavy (non-hydrogen) atoms. The number of carboxylic acids is 1. The lowest BCUT2D eigenvalue weighted by Crippen LogP contribution is -2.17. The van der Waals surface area contributed by atoms with Crippen LogP contribution in [-0.2, 0) is 11.2 Å². The summed E-state index contributed by atoms with van der Waals surface area (Å²) in [6.45, 7) is 0. The second kappa shape index (κ2) is 6.09. The number of halogens is 3. The summed E-state index contributed by atoms with van der Waals surface area (Å²) in [7, 11) is 0. The van der Waals surface area contributed by atoms with Crippen molar-refractivity contribution in [2.75, 3.05) is 0 Å². The molecule has 0 spiro atoms. The van der Waals surface area contributed by atoms with E-state index in [1.807, 2.05) is 0 Å². The zero-order valence-corrected chi connectivity index (χ0v) is 11.8. The fourth-order valence-corrected chi connectivity index (χ4v) is 2.10. The summed E-state index contributed by atoms with van der Waals surface area (Å²) in [6, 6.07) is 7.65. The van der Waals surface area contributed by atoms with Crippen LogP contribution in [0, 0.1) is 11.6 Å². The molecule has 0 fully saturated rings. The van der Waals surface area contributed by atoms with E-state index in [0.717, 1.165) is 16.2 Å². The number of rotatable bonds is 4. The Morgan fingerprint density at radius 3 is 2.50 bits per heavy atom. The maximum atomic E-state index is 13.7. The average Bonchev–Trinajstić information content (AvgIpc) is 2.39. The molecule has 0 aliphatic rings. The molecule has 0 amide bonds. The normalized spacial score (nSPS) is 12.2. The standard InChI is InChI=1S/C14H10BrF2NO2/c15-9-3-1-8(2-4-9)5-11(14(19)20)13-12(17)6-10(16)7-18-13/h1-4,6-7,11H,5H2,(H,19,20). The van der Waals surface area contributed by atoms with Crippen molar-refractivity contribution in [1.82, 2.24) is 4.98 Å². The number of pyridine rings is 1. The third-order valence-electron chi connectivity index (χ3n) is 2.82. The number of benzene rings is 1. The molecule has 3 nitrogen and oxygen atoms in total. The summed E-state index contributed by atoms with van der Waals surface area (Å²) in [5.41, 5.74) is 0.466. The topological polar surface area (TPSA) is 50.2 Å². The second-order valence-corrected chi connectivity index (χ2v) is 5.16. The molecule has 1 unspecified atom stereocenters.